The van der Waals surface area contributed by atoms with Crippen LogP contribution in [0.25, 0.3) is 0 Å². The molecule has 18 heavy (non-hydrogen) atoms. The van der Waals surface area contributed by atoms with E-state index in [1.54, 1.807) is 20.8 Å². The number of halogens is 1. The van der Waals surface area contributed by atoms with Crippen LogP contribution in [0.2, 0.25) is 0 Å². The molecular weight excluding hydrogens is 257 g/mol. The first kappa shape index (κ1) is 15.1. The third kappa shape index (κ3) is 5.12. The smallest absolute Gasteiger partial charge is 0.214 e. The van der Waals surface area contributed by atoms with Crippen molar-refractivity contribution in [3.8, 4) is 0 Å². The van der Waals surface area contributed by atoms with Crippen molar-refractivity contribution >= 4 is 10.0 Å². The summed E-state index contributed by atoms with van der Waals surface area (Å²) in [5.41, 5.74) is -0.225. The summed E-state index contributed by atoms with van der Waals surface area (Å²) in [6, 6.07) is 5.10. The summed E-state index contributed by atoms with van der Waals surface area (Å²) in [5, 5.41) is 9.80. The molecule has 0 aliphatic heterocycles. The van der Waals surface area contributed by atoms with Gasteiger partial charge in [0, 0.05) is 5.54 Å². The fourth-order valence-corrected chi connectivity index (χ4v) is 3.12. The molecule has 0 aromatic heterocycles. The van der Waals surface area contributed by atoms with Gasteiger partial charge < -0.3 is 5.11 Å². The fourth-order valence-electron chi connectivity index (χ4n) is 1.50. The van der Waals surface area contributed by atoms with E-state index in [1.165, 1.54) is 24.3 Å². The number of hydrogen-bond donors (Lipinski definition) is 2. The Kier molecular flexibility index (Phi) is 4.47. The van der Waals surface area contributed by atoms with Gasteiger partial charge in [0.05, 0.1) is 11.9 Å². The van der Waals surface area contributed by atoms with Gasteiger partial charge in [0.15, 0.2) is 0 Å². The molecule has 0 radical (unpaired) electrons. The highest BCUT2D eigenvalue weighted by Crippen LogP contribution is 2.16. The van der Waals surface area contributed by atoms with Crippen molar-refractivity contribution in [3.05, 3.63) is 35.6 Å². The van der Waals surface area contributed by atoms with Gasteiger partial charge in [-0.05, 0) is 38.5 Å². The van der Waals surface area contributed by atoms with E-state index < -0.39 is 33.2 Å². The van der Waals surface area contributed by atoms with Gasteiger partial charge in [0.25, 0.3) is 0 Å². The second kappa shape index (κ2) is 5.34. The highest BCUT2D eigenvalue weighted by atomic mass is 32.2. The molecule has 0 saturated heterocycles. The van der Waals surface area contributed by atoms with E-state index in [9.17, 15) is 17.9 Å². The molecule has 0 fully saturated rings. The van der Waals surface area contributed by atoms with E-state index in [0.29, 0.717) is 5.56 Å². The van der Waals surface area contributed by atoms with Crippen molar-refractivity contribution < 1.29 is 17.9 Å². The maximum atomic E-state index is 12.7. The zero-order valence-electron chi connectivity index (χ0n) is 10.6. The summed E-state index contributed by atoms with van der Waals surface area (Å²) in [5.74, 6) is -0.878. The van der Waals surface area contributed by atoms with Crippen molar-refractivity contribution in [2.75, 3.05) is 5.75 Å². The second-order valence-corrected chi connectivity index (χ2v) is 6.97. The molecule has 102 valence electrons. The van der Waals surface area contributed by atoms with Crippen LogP contribution in [-0.2, 0) is 10.0 Å². The van der Waals surface area contributed by atoms with Crippen LogP contribution in [0.4, 0.5) is 4.39 Å². The lowest BCUT2D eigenvalue weighted by Crippen LogP contribution is -2.42. The van der Waals surface area contributed by atoms with E-state index in [0.717, 1.165) is 0 Å². The summed E-state index contributed by atoms with van der Waals surface area (Å²) < 4.78 is 38.6. The first-order valence-corrected chi connectivity index (χ1v) is 7.19. The lowest BCUT2D eigenvalue weighted by molar-refractivity contribution is 0.201. The van der Waals surface area contributed by atoms with Gasteiger partial charge in [-0.3, -0.25) is 0 Å². The third-order valence-corrected chi connectivity index (χ3v) is 3.77. The lowest BCUT2D eigenvalue weighted by Gasteiger charge is -2.21. The summed E-state index contributed by atoms with van der Waals surface area (Å²) in [7, 11) is -3.59. The van der Waals surface area contributed by atoms with Crippen molar-refractivity contribution in [3.63, 3.8) is 0 Å². The zero-order valence-corrected chi connectivity index (χ0v) is 11.5. The van der Waals surface area contributed by atoms with Crippen LogP contribution in [0.1, 0.15) is 32.4 Å². The number of aliphatic hydroxyl groups excluding tert-OH is 1. The van der Waals surface area contributed by atoms with Crippen LogP contribution >= 0.6 is 0 Å². The zero-order chi connectivity index (χ0) is 14.0. The minimum Gasteiger partial charge on any atom is -0.387 e. The number of benzene rings is 1. The Morgan fingerprint density at radius 1 is 1.28 bits per heavy atom. The Morgan fingerprint density at radius 2 is 1.78 bits per heavy atom. The van der Waals surface area contributed by atoms with Gasteiger partial charge in [0.1, 0.15) is 5.82 Å². The van der Waals surface area contributed by atoms with E-state index in [1.807, 2.05) is 0 Å². The van der Waals surface area contributed by atoms with Gasteiger partial charge in [-0.25, -0.2) is 17.5 Å². The number of hydrogen-bond acceptors (Lipinski definition) is 3. The minimum atomic E-state index is -3.59. The first-order valence-electron chi connectivity index (χ1n) is 5.54. The van der Waals surface area contributed by atoms with Gasteiger partial charge in [-0.1, -0.05) is 12.1 Å². The SMILES string of the molecule is CC(C)(C)NS(=O)(=O)CC(O)c1ccc(F)cc1. The molecule has 0 spiro atoms. The molecule has 4 nitrogen and oxygen atoms in total. The monoisotopic (exact) mass is 275 g/mol. The first-order chi connectivity index (χ1) is 8.09. The van der Waals surface area contributed by atoms with Crippen molar-refractivity contribution in [2.45, 2.75) is 32.4 Å². The highest BCUT2D eigenvalue weighted by molar-refractivity contribution is 7.89. The van der Waals surface area contributed by atoms with E-state index >= 15 is 0 Å². The average Bonchev–Trinajstić information content (AvgIpc) is 2.13. The predicted molar refractivity (Wildman–Crippen MR) is 68.0 cm³/mol. The molecule has 2 N–H and O–H groups in total. The maximum Gasteiger partial charge on any atom is 0.214 e. The summed E-state index contributed by atoms with van der Waals surface area (Å²) >= 11 is 0. The van der Waals surface area contributed by atoms with E-state index in [-0.39, 0.29) is 0 Å². The number of nitrogens with one attached hydrogen (secondary N) is 1. The van der Waals surface area contributed by atoms with Gasteiger partial charge in [-0.15, -0.1) is 0 Å². The normalized spacial score (nSPS) is 14.5. The van der Waals surface area contributed by atoms with Crippen molar-refractivity contribution in [1.29, 1.82) is 0 Å². The Hall–Kier alpha value is -0.980. The molecule has 6 heteroatoms. The molecule has 1 aromatic carbocycles. The molecule has 1 rings (SSSR count). The van der Waals surface area contributed by atoms with Crippen molar-refractivity contribution in [1.82, 2.24) is 4.72 Å². The molecule has 0 aliphatic carbocycles. The van der Waals surface area contributed by atoms with Crippen LogP contribution in [0.5, 0.6) is 0 Å². The van der Waals surface area contributed by atoms with Crippen LogP contribution in [0.15, 0.2) is 24.3 Å². The third-order valence-electron chi connectivity index (χ3n) is 2.09. The largest absolute Gasteiger partial charge is 0.387 e. The Morgan fingerprint density at radius 3 is 2.22 bits per heavy atom. The van der Waals surface area contributed by atoms with Gasteiger partial charge in [-0.2, -0.15) is 0 Å². The average molecular weight is 275 g/mol. The molecule has 1 aromatic rings. The summed E-state index contributed by atoms with van der Waals surface area (Å²) in [4.78, 5) is 0. The Bertz CT molecular complexity index is 491. The van der Waals surface area contributed by atoms with Crippen LogP contribution < -0.4 is 4.72 Å². The predicted octanol–water partition coefficient (Wildman–Crippen LogP) is 1.58. The summed E-state index contributed by atoms with van der Waals surface area (Å²) in [6.45, 7) is 5.15. The molecule has 0 amide bonds. The molecular formula is C12H18FNO3S. The molecule has 0 bridgehead atoms. The molecule has 0 saturated carbocycles. The summed E-state index contributed by atoms with van der Waals surface area (Å²) in [6.07, 6.45) is -1.18. The fraction of sp³-hybridized carbons (Fsp3) is 0.500. The van der Waals surface area contributed by atoms with E-state index in [2.05, 4.69) is 4.72 Å². The highest BCUT2D eigenvalue weighted by Gasteiger charge is 2.23. The Balaban J connectivity index is 2.76. The maximum absolute atomic E-state index is 12.7. The molecule has 1 atom stereocenters. The number of aliphatic hydroxyl groups is 1. The lowest BCUT2D eigenvalue weighted by atomic mass is 10.1. The van der Waals surface area contributed by atoms with Crippen LogP contribution in [-0.4, -0.2) is 24.8 Å². The second-order valence-electron chi connectivity index (χ2n) is 5.20. The minimum absolute atomic E-state index is 0.371. The van der Waals surface area contributed by atoms with E-state index in [4.69, 9.17) is 0 Å². The quantitative estimate of drug-likeness (QED) is 0.876. The molecule has 0 heterocycles. The van der Waals surface area contributed by atoms with Gasteiger partial charge in [0.2, 0.25) is 10.0 Å². The number of rotatable bonds is 4. The topological polar surface area (TPSA) is 66.4 Å². The number of sulfonamides is 1. The van der Waals surface area contributed by atoms with Gasteiger partial charge >= 0.3 is 0 Å². The van der Waals surface area contributed by atoms with Crippen LogP contribution in [0, 0.1) is 5.82 Å². The molecule has 0 aliphatic rings. The Labute approximate surface area is 107 Å². The van der Waals surface area contributed by atoms with Crippen molar-refractivity contribution in [2.24, 2.45) is 0 Å². The standard InChI is InChI=1S/C12H18FNO3S/c1-12(2,3)14-18(16,17)8-11(15)9-4-6-10(13)7-5-9/h4-7,11,14-15H,8H2,1-3H3. The molecule has 1 unspecified atom stereocenters. The van der Waals surface area contributed by atoms with Crippen LogP contribution in [0.3, 0.4) is 0 Å².